The van der Waals surface area contributed by atoms with E-state index in [1.165, 1.54) is 13.3 Å². The Morgan fingerprint density at radius 3 is 2.67 bits per heavy atom. The van der Waals surface area contributed by atoms with E-state index in [1.807, 2.05) is 6.92 Å². The van der Waals surface area contributed by atoms with E-state index in [9.17, 15) is 4.79 Å². The van der Waals surface area contributed by atoms with E-state index in [1.54, 1.807) is 0 Å². The number of carbonyl (C=O) groups is 1. The Labute approximate surface area is 92.7 Å². The molecule has 0 bridgehead atoms. The van der Waals surface area contributed by atoms with Gasteiger partial charge in [0.25, 0.3) is 0 Å². The van der Waals surface area contributed by atoms with Crippen LogP contribution in [0.15, 0.2) is 12.2 Å². The minimum absolute atomic E-state index is 0.0822. The molecule has 0 spiro atoms. The minimum Gasteiger partial charge on any atom is -0.459 e. The molecule has 0 N–H and O–H groups in total. The third-order valence-corrected chi connectivity index (χ3v) is 2.95. The van der Waals surface area contributed by atoms with Gasteiger partial charge in [-0.2, -0.15) is 0 Å². The van der Waals surface area contributed by atoms with Gasteiger partial charge >= 0.3 is 5.97 Å². The van der Waals surface area contributed by atoms with Gasteiger partial charge in [0.05, 0.1) is 0 Å². The average molecular weight is 210 g/mol. The lowest BCUT2D eigenvalue weighted by Crippen LogP contribution is -2.20. The lowest BCUT2D eigenvalue weighted by molar-refractivity contribution is -0.149. The molecule has 0 saturated heterocycles. The fourth-order valence-corrected chi connectivity index (χ4v) is 2.08. The Hall–Kier alpha value is -0.790. The van der Waals surface area contributed by atoms with Gasteiger partial charge in [-0.1, -0.05) is 19.1 Å². The van der Waals surface area contributed by atoms with Crippen molar-refractivity contribution in [1.82, 2.24) is 0 Å². The normalized spacial score (nSPS) is 20.2. The van der Waals surface area contributed by atoms with Crippen LogP contribution in [0, 0.1) is 5.92 Å². The van der Waals surface area contributed by atoms with E-state index in [-0.39, 0.29) is 11.6 Å². The number of esters is 1. The van der Waals surface area contributed by atoms with Crippen LogP contribution < -0.4 is 0 Å². The first-order valence-corrected chi connectivity index (χ1v) is 5.89. The molecule has 0 aromatic rings. The average Bonchev–Trinajstić information content (AvgIpc) is 2.83. The van der Waals surface area contributed by atoms with Crippen molar-refractivity contribution in [2.75, 3.05) is 0 Å². The predicted molar refractivity (Wildman–Crippen MR) is 61.6 cm³/mol. The van der Waals surface area contributed by atoms with Crippen LogP contribution >= 0.6 is 0 Å². The molecule has 0 aromatic carbocycles. The molecule has 2 heteroatoms. The van der Waals surface area contributed by atoms with E-state index in [0.717, 1.165) is 25.7 Å². The number of carbonyl (C=O) groups excluding carboxylic acids is 1. The molecule has 0 heterocycles. The van der Waals surface area contributed by atoms with Gasteiger partial charge in [0.2, 0.25) is 0 Å². The molecule has 0 aromatic heterocycles. The molecule has 2 nitrogen and oxygen atoms in total. The van der Waals surface area contributed by atoms with Gasteiger partial charge in [0.1, 0.15) is 5.60 Å². The van der Waals surface area contributed by atoms with E-state index < -0.39 is 0 Å². The maximum atomic E-state index is 10.9. The highest BCUT2D eigenvalue weighted by atomic mass is 16.6. The molecule has 1 rings (SSSR count). The zero-order chi connectivity index (χ0) is 11.3. The maximum absolute atomic E-state index is 10.9. The summed E-state index contributed by atoms with van der Waals surface area (Å²) in [6.07, 6.45) is 9.75. The summed E-state index contributed by atoms with van der Waals surface area (Å²) in [6, 6.07) is 0. The standard InChI is InChI=1S/C13H22O2/c1-4-5-6-7-11(2)10-13(8-9-13)15-12(3)14/h4-5,11H,6-10H2,1-3H3/b5-4+. The molecule has 0 radical (unpaired) electrons. The second-order valence-electron chi connectivity index (χ2n) is 4.73. The Morgan fingerprint density at radius 2 is 2.20 bits per heavy atom. The molecule has 0 aliphatic heterocycles. The third kappa shape index (κ3) is 4.50. The molecule has 1 saturated carbocycles. The summed E-state index contributed by atoms with van der Waals surface area (Å²) in [5, 5.41) is 0. The van der Waals surface area contributed by atoms with Crippen LogP contribution in [0.2, 0.25) is 0 Å². The van der Waals surface area contributed by atoms with Gasteiger partial charge in [-0.05, 0) is 44.9 Å². The quantitative estimate of drug-likeness (QED) is 0.495. The second-order valence-corrected chi connectivity index (χ2v) is 4.73. The monoisotopic (exact) mass is 210 g/mol. The van der Waals surface area contributed by atoms with Crippen LogP contribution in [0.1, 0.15) is 52.9 Å². The third-order valence-electron chi connectivity index (χ3n) is 2.95. The van der Waals surface area contributed by atoms with Crippen molar-refractivity contribution in [1.29, 1.82) is 0 Å². The van der Waals surface area contributed by atoms with Crippen LogP contribution in [0.4, 0.5) is 0 Å². The summed E-state index contributed by atoms with van der Waals surface area (Å²) in [5.74, 6) is 0.510. The summed E-state index contributed by atoms with van der Waals surface area (Å²) in [5.41, 5.74) is -0.0822. The number of hydrogen-bond donors (Lipinski definition) is 0. The Balaban J connectivity index is 2.24. The summed E-state index contributed by atoms with van der Waals surface area (Å²) in [7, 11) is 0. The first kappa shape index (κ1) is 12.3. The number of allylic oxidation sites excluding steroid dienone is 2. The number of hydrogen-bond acceptors (Lipinski definition) is 2. The molecule has 15 heavy (non-hydrogen) atoms. The van der Waals surface area contributed by atoms with E-state index in [0.29, 0.717) is 5.92 Å². The number of ether oxygens (including phenoxy) is 1. The van der Waals surface area contributed by atoms with E-state index in [4.69, 9.17) is 4.74 Å². The van der Waals surface area contributed by atoms with Crippen LogP contribution in [0.3, 0.4) is 0 Å². The molecular weight excluding hydrogens is 188 g/mol. The predicted octanol–water partition coefficient (Wildman–Crippen LogP) is 3.46. The fourth-order valence-electron chi connectivity index (χ4n) is 2.08. The van der Waals surface area contributed by atoms with Crippen molar-refractivity contribution < 1.29 is 9.53 Å². The van der Waals surface area contributed by atoms with Crippen LogP contribution in [0.5, 0.6) is 0 Å². The molecule has 1 aliphatic rings. The highest BCUT2D eigenvalue weighted by molar-refractivity contribution is 5.66. The molecule has 1 atom stereocenters. The largest absolute Gasteiger partial charge is 0.459 e. The molecule has 1 aliphatic carbocycles. The van der Waals surface area contributed by atoms with Crippen molar-refractivity contribution in [3.63, 3.8) is 0 Å². The summed E-state index contributed by atoms with van der Waals surface area (Å²) in [4.78, 5) is 10.9. The fraction of sp³-hybridized carbons (Fsp3) is 0.769. The Morgan fingerprint density at radius 1 is 1.53 bits per heavy atom. The first-order valence-electron chi connectivity index (χ1n) is 5.89. The van der Waals surface area contributed by atoms with Crippen LogP contribution in [0.25, 0.3) is 0 Å². The minimum atomic E-state index is -0.131. The summed E-state index contributed by atoms with van der Waals surface area (Å²) in [6.45, 7) is 5.80. The van der Waals surface area contributed by atoms with Crippen LogP contribution in [-0.2, 0) is 9.53 Å². The van der Waals surface area contributed by atoms with Gasteiger partial charge in [0.15, 0.2) is 0 Å². The SMILES string of the molecule is C/C=C/CCC(C)CC1(OC(C)=O)CC1. The summed E-state index contributed by atoms with van der Waals surface area (Å²) >= 11 is 0. The Bertz CT molecular complexity index is 239. The maximum Gasteiger partial charge on any atom is 0.303 e. The van der Waals surface area contributed by atoms with Crippen molar-refractivity contribution in [2.24, 2.45) is 5.92 Å². The van der Waals surface area contributed by atoms with E-state index in [2.05, 4.69) is 19.1 Å². The second kappa shape index (κ2) is 5.34. The highest BCUT2D eigenvalue weighted by Gasteiger charge is 2.46. The zero-order valence-corrected chi connectivity index (χ0v) is 10.1. The van der Waals surface area contributed by atoms with Crippen molar-refractivity contribution >= 4 is 5.97 Å². The molecule has 1 fully saturated rings. The van der Waals surface area contributed by atoms with Crippen molar-refractivity contribution in [3.05, 3.63) is 12.2 Å². The van der Waals surface area contributed by atoms with Gasteiger partial charge in [-0.25, -0.2) is 0 Å². The number of rotatable bonds is 6. The van der Waals surface area contributed by atoms with Gasteiger partial charge in [-0.3, -0.25) is 4.79 Å². The van der Waals surface area contributed by atoms with Crippen molar-refractivity contribution in [2.45, 2.75) is 58.5 Å². The molecule has 86 valence electrons. The molecule has 0 amide bonds. The topological polar surface area (TPSA) is 26.3 Å². The van der Waals surface area contributed by atoms with Gasteiger partial charge in [-0.15, -0.1) is 0 Å². The smallest absolute Gasteiger partial charge is 0.303 e. The molecule has 1 unspecified atom stereocenters. The summed E-state index contributed by atoms with van der Waals surface area (Å²) < 4.78 is 5.37. The first-order chi connectivity index (χ1) is 7.08. The Kier molecular flexibility index (Phi) is 4.37. The molecular formula is C13H22O2. The van der Waals surface area contributed by atoms with Gasteiger partial charge < -0.3 is 4.74 Å². The van der Waals surface area contributed by atoms with Crippen LogP contribution in [-0.4, -0.2) is 11.6 Å². The zero-order valence-electron chi connectivity index (χ0n) is 10.1. The van der Waals surface area contributed by atoms with Crippen molar-refractivity contribution in [3.8, 4) is 0 Å². The van der Waals surface area contributed by atoms with Gasteiger partial charge in [0, 0.05) is 6.92 Å². The lowest BCUT2D eigenvalue weighted by Gasteiger charge is -2.19. The van der Waals surface area contributed by atoms with E-state index >= 15 is 0 Å². The lowest BCUT2D eigenvalue weighted by atomic mass is 9.97. The highest BCUT2D eigenvalue weighted by Crippen LogP contribution is 2.45.